The van der Waals surface area contributed by atoms with Crippen LogP contribution in [0.1, 0.15) is 44.1 Å². The fourth-order valence-electron chi connectivity index (χ4n) is 4.01. The highest BCUT2D eigenvalue weighted by molar-refractivity contribution is 6.27. The number of benzene rings is 1. The first-order valence-corrected chi connectivity index (χ1v) is 10.5. The van der Waals surface area contributed by atoms with Gasteiger partial charge in [-0.2, -0.15) is 0 Å². The number of piperidine rings is 1. The highest BCUT2D eigenvalue weighted by Crippen LogP contribution is 2.25. The Morgan fingerprint density at radius 2 is 1.58 bits per heavy atom. The Balaban J connectivity index is 0.000000501. The Morgan fingerprint density at radius 3 is 2.16 bits per heavy atom. The van der Waals surface area contributed by atoms with Crippen LogP contribution >= 0.6 is 0 Å². The number of nitrogens with zero attached hydrogens (tertiary/aromatic N) is 3. The SMILES string of the molecule is O=C(C1CCCN(Cc2ccccc2[N+](=O)[O-])C1)N1CCCCCC1.O=C(O)C(=O)O. The lowest BCUT2D eigenvalue weighted by Gasteiger charge is -2.34. The second kappa shape index (κ2) is 12.0. The third-order valence-electron chi connectivity index (χ3n) is 5.54. The molecule has 2 fully saturated rings. The maximum atomic E-state index is 12.9. The second-order valence-electron chi connectivity index (χ2n) is 7.81. The van der Waals surface area contributed by atoms with Crippen LogP contribution in [-0.4, -0.2) is 69.0 Å². The quantitative estimate of drug-likeness (QED) is 0.417. The molecule has 2 N–H and O–H groups in total. The van der Waals surface area contributed by atoms with Gasteiger partial charge < -0.3 is 15.1 Å². The number of nitro benzene ring substituents is 1. The molecule has 0 spiro atoms. The maximum Gasteiger partial charge on any atom is 0.414 e. The van der Waals surface area contributed by atoms with E-state index in [1.54, 1.807) is 12.1 Å². The molecule has 10 heteroatoms. The number of carboxylic acids is 2. The summed E-state index contributed by atoms with van der Waals surface area (Å²) < 4.78 is 0. The van der Waals surface area contributed by atoms with Gasteiger partial charge in [-0.15, -0.1) is 0 Å². The van der Waals surface area contributed by atoms with Crippen LogP contribution in [0.3, 0.4) is 0 Å². The molecule has 2 aliphatic rings. The fraction of sp³-hybridized carbons (Fsp3) is 0.571. The van der Waals surface area contributed by atoms with Crippen LogP contribution < -0.4 is 0 Å². The molecule has 0 radical (unpaired) electrons. The molecule has 2 heterocycles. The van der Waals surface area contributed by atoms with Crippen LogP contribution in [0.2, 0.25) is 0 Å². The van der Waals surface area contributed by atoms with E-state index < -0.39 is 11.9 Å². The third-order valence-corrected chi connectivity index (χ3v) is 5.54. The van der Waals surface area contributed by atoms with E-state index in [1.807, 2.05) is 17.0 Å². The third kappa shape index (κ3) is 7.63. The number of carboxylic acid groups (broad SMARTS) is 2. The molecule has 31 heavy (non-hydrogen) atoms. The Bertz CT molecular complexity index is 779. The largest absolute Gasteiger partial charge is 0.473 e. The molecule has 2 saturated heterocycles. The molecular weight excluding hydrogens is 406 g/mol. The summed E-state index contributed by atoms with van der Waals surface area (Å²) in [5.41, 5.74) is 0.902. The van der Waals surface area contributed by atoms with Crippen LogP contribution in [0.15, 0.2) is 24.3 Å². The zero-order valence-electron chi connectivity index (χ0n) is 17.4. The number of hydrogen-bond donors (Lipinski definition) is 2. The number of para-hydroxylation sites is 1. The van der Waals surface area contributed by atoms with Crippen LogP contribution in [0.5, 0.6) is 0 Å². The van der Waals surface area contributed by atoms with E-state index in [0.717, 1.165) is 50.9 Å². The smallest absolute Gasteiger partial charge is 0.414 e. The van der Waals surface area contributed by atoms with Crippen molar-refractivity contribution >= 4 is 23.5 Å². The molecule has 170 valence electrons. The predicted molar refractivity (Wildman–Crippen MR) is 111 cm³/mol. The van der Waals surface area contributed by atoms with Crippen molar-refractivity contribution < 1.29 is 29.5 Å². The van der Waals surface area contributed by atoms with Crippen LogP contribution in [0.4, 0.5) is 5.69 Å². The minimum absolute atomic E-state index is 0.0367. The Labute approximate surface area is 180 Å². The summed E-state index contributed by atoms with van der Waals surface area (Å²) in [4.78, 5) is 46.2. The number of amides is 1. The first-order valence-electron chi connectivity index (χ1n) is 10.5. The Kier molecular flexibility index (Phi) is 9.39. The van der Waals surface area contributed by atoms with E-state index in [2.05, 4.69) is 4.90 Å². The zero-order valence-corrected chi connectivity index (χ0v) is 17.4. The molecule has 0 saturated carbocycles. The first-order chi connectivity index (χ1) is 14.8. The number of carbonyl (C=O) groups is 3. The van der Waals surface area contributed by atoms with Crippen molar-refractivity contribution in [3.05, 3.63) is 39.9 Å². The fourth-order valence-corrected chi connectivity index (χ4v) is 4.01. The summed E-state index contributed by atoms with van der Waals surface area (Å²) >= 11 is 0. The average molecular weight is 435 g/mol. The van der Waals surface area contributed by atoms with Gasteiger partial charge in [0.1, 0.15) is 0 Å². The van der Waals surface area contributed by atoms with Gasteiger partial charge in [0, 0.05) is 37.8 Å². The molecule has 1 aromatic carbocycles. The van der Waals surface area contributed by atoms with E-state index in [0.29, 0.717) is 13.1 Å². The van der Waals surface area contributed by atoms with Crippen molar-refractivity contribution in [2.75, 3.05) is 26.2 Å². The van der Waals surface area contributed by atoms with Gasteiger partial charge in [-0.3, -0.25) is 19.8 Å². The molecule has 1 amide bonds. The summed E-state index contributed by atoms with van der Waals surface area (Å²) in [7, 11) is 0. The average Bonchev–Trinajstić information content (AvgIpc) is 3.03. The minimum Gasteiger partial charge on any atom is -0.473 e. The molecular formula is C21H29N3O7. The Morgan fingerprint density at radius 1 is 0.968 bits per heavy atom. The van der Waals surface area contributed by atoms with Crippen molar-refractivity contribution in [3.63, 3.8) is 0 Å². The van der Waals surface area contributed by atoms with Gasteiger partial charge in [0.25, 0.3) is 5.69 Å². The van der Waals surface area contributed by atoms with Gasteiger partial charge in [-0.05, 0) is 32.2 Å². The standard InChI is InChI=1S/C19H27N3O3.C2H2O4/c23-19(21-12-5-1-2-6-13-21)17-9-7-11-20(15-17)14-16-8-3-4-10-18(16)22(24)25;3-1(4)2(5)6/h3-4,8,10,17H,1-2,5-7,9,11-15H2;(H,3,4)(H,5,6). The van der Waals surface area contributed by atoms with E-state index >= 15 is 0 Å². The highest BCUT2D eigenvalue weighted by atomic mass is 16.6. The van der Waals surface area contributed by atoms with Gasteiger partial charge in [0.15, 0.2) is 0 Å². The molecule has 2 aliphatic heterocycles. The monoisotopic (exact) mass is 435 g/mol. The van der Waals surface area contributed by atoms with Gasteiger partial charge in [0.2, 0.25) is 5.91 Å². The Hall–Kier alpha value is -3.01. The number of aliphatic carboxylic acids is 2. The van der Waals surface area contributed by atoms with Crippen molar-refractivity contribution in [2.45, 2.75) is 45.1 Å². The highest BCUT2D eigenvalue weighted by Gasteiger charge is 2.30. The number of nitro groups is 1. The summed E-state index contributed by atoms with van der Waals surface area (Å²) in [6.07, 6.45) is 6.57. The predicted octanol–water partition coefficient (Wildman–Crippen LogP) is 2.36. The van der Waals surface area contributed by atoms with Crippen molar-refractivity contribution in [1.82, 2.24) is 9.80 Å². The van der Waals surface area contributed by atoms with Crippen LogP contribution in [-0.2, 0) is 20.9 Å². The number of hydrogen-bond acceptors (Lipinski definition) is 6. The van der Waals surface area contributed by atoms with E-state index in [-0.39, 0.29) is 22.4 Å². The van der Waals surface area contributed by atoms with Gasteiger partial charge in [0.05, 0.1) is 10.8 Å². The molecule has 1 unspecified atom stereocenters. The zero-order chi connectivity index (χ0) is 22.8. The lowest BCUT2D eigenvalue weighted by Crippen LogP contribution is -2.44. The van der Waals surface area contributed by atoms with E-state index in [1.165, 1.54) is 12.8 Å². The summed E-state index contributed by atoms with van der Waals surface area (Å²) in [6.45, 7) is 3.93. The summed E-state index contributed by atoms with van der Waals surface area (Å²) in [6, 6.07) is 6.91. The van der Waals surface area contributed by atoms with Gasteiger partial charge in [-0.1, -0.05) is 31.0 Å². The van der Waals surface area contributed by atoms with Crippen LogP contribution in [0.25, 0.3) is 0 Å². The second-order valence-corrected chi connectivity index (χ2v) is 7.81. The molecule has 0 aromatic heterocycles. The molecule has 1 aromatic rings. The molecule has 0 aliphatic carbocycles. The lowest BCUT2D eigenvalue weighted by molar-refractivity contribution is -0.385. The summed E-state index contributed by atoms with van der Waals surface area (Å²) in [5, 5.41) is 26.0. The minimum atomic E-state index is -1.82. The van der Waals surface area contributed by atoms with Crippen LogP contribution in [0, 0.1) is 16.0 Å². The molecule has 10 nitrogen and oxygen atoms in total. The number of rotatable bonds is 4. The van der Waals surface area contributed by atoms with Crippen molar-refractivity contribution in [2.24, 2.45) is 5.92 Å². The maximum absolute atomic E-state index is 12.9. The molecule has 0 bridgehead atoms. The van der Waals surface area contributed by atoms with E-state index in [9.17, 15) is 14.9 Å². The van der Waals surface area contributed by atoms with Crippen molar-refractivity contribution in [1.29, 1.82) is 0 Å². The van der Waals surface area contributed by atoms with Crippen molar-refractivity contribution in [3.8, 4) is 0 Å². The van der Waals surface area contributed by atoms with Gasteiger partial charge in [-0.25, -0.2) is 9.59 Å². The lowest BCUT2D eigenvalue weighted by atomic mass is 9.95. The first kappa shape index (κ1) is 24.3. The molecule has 3 rings (SSSR count). The van der Waals surface area contributed by atoms with Gasteiger partial charge >= 0.3 is 11.9 Å². The number of likely N-dealkylation sites (tertiary alicyclic amines) is 2. The van der Waals surface area contributed by atoms with E-state index in [4.69, 9.17) is 19.8 Å². The normalized spacial score (nSPS) is 19.5. The topological polar surface area (TPSA) is 141 Å². The summed E-state index contributed by atoms with van der Waals surface area (Å²) in [5.74, 6) is -3.33. The molecule has 1 atom stereocenters. The number of carbonyl (C=O) groups excluding carboxylic acids is 1.